The van der Waals surface area contributed by atoms with Gasteiger partial charge in [0.25, 0.3) is 5.91 Å². The van der Waals surface area contributed by atoms with E-state index >= 15 is 0 Å². The predicted molar refractivity (Wildman–Crippen MR) is 135 cm³/mol. The summed E-state index contributed by atoms with van der Waals surface area (Å²) in [5, 5.41) is 4.68. The normalized spacial score (nSPS) is 26.1. The average Bonchev–Trinajstić information content (AvgIpc) is 2.88. The van der Waals surface area contributed by atoms with E-state index in [1.54, 1.807) is 13.8 Å². The number of ether oxygens (including phenoxy) is 3. The van der Waals surface area contributed by atoms with Crippen molar-refractivity contribution in [3.05, 3.63) is 23.4 Å². The molecule has 11 heteroatoms. The molecule has 11 nitrogen and oxygen atoms in total. The van der Waals surface area contributed by atoms with Crippen LogP contribution < -0.4 is 10.6 Å². The largest absolute Gasteiger partial charge is 0.460 e. The zero-order chi connectivity index (χ0) is 28.4. The first kappa shape index (κ1) is 30.7. The number of ketones is 1. The van der Waals surface area contributed by atoms with Crippen LogP contribution in [0.3, 0.4) is 0 Å². The number of carbonyl (C=O) groups is 6. The topological polar surface area (TPSA) is 154 Å². The highest BCUT2D eigenvalue weighted by atomic mass is 16.6. The Labute approximate surface area is 222 Å². The fraction of sp³-hybridized carbons (Fsp3) is 0.630. The van der Waals surface area contributed by atoms with Crippen molar-refractivity contribution < 1.29 is 43.0 Å². The van der Waals surface area contributed by atoms with Crippen molar-refractivity contribution in [1.29, 1.82) is 0 Å². The van der Waals surface area contributed by atoms with E-state index < -0.39 is 65.8 Å². The number of nitrogens with one attached hydrogen (secondary N) is 2. The van der Waals surface area contributed by atoms with Crippen LogP contribution in [-0.4, -0.2) is 60.4 Å². The van der Waals surface area contributed by atoms with E-state index in [2.05, 4.69) is 17.6 Å². The molecule has 0 aromatic carbocycles. The number of esters is 3. The van der Waals surface area contributed by atoms with Crippen LogP contribution in [0.2, 0.25) is 0 Å². The molecule has 0 aromatic rings. The summed E-state index contributed by atoms with van der Waals surface area (Å²) in [5.41, 5.74) is -0.327. The number of amides is 2. The smallest absolute Gasteiger partial charge is 0.332 e. The van der Waals surface area contributed by atoms with E-state index in [-0.39, 0.29) is 17.7 Å². The van der Waals surface area contributed by atoms with Crippen molar-refractivity contribution in [2.75, 3.05) is 0 Å². The summed E-state index contributed by atoms with van der Waals surface area (Å²) in [5.74, 6) is -5.08. The van der Waals surface area contributed by atoms with Gasteiger partial charge in [0.15, 0.2) is 12.1 Å². The highest BCUT2D eigenvalue weighted by Crippen LogP contribution is 2.27. The summed E-state index contributed by atoms with van der Waals surface area (Å²) in [6.45, 7) is 8.32. The van der Waals surface area contributed by atoms with Crippen LogP contribution in [-0.2, 0) is 43.0 Å². The van der Waals surface area contributed by atoms with Crippen molar-refractivity contribution in [3.8, 4) is 0 Å². The van der Waals surface area contributed by atoms with E-state index in [0.29, 0.717) is 19.3 Å². The molecule has 1 heterocycles. The SMILES string of the molecule is CCCCCC[C@H]1C(=O)O[C@H](C)[C@H](NC(=O)C2=CCC=C(NC=O)C2=O)C(=O)O[C@@H](C)[C@@H]1OC(=O)C(C)C. The second kappa shape index (κ2) is 14.4. The quantitative estimate of drug-likeness (QED) is 0.133. The van der Waals surface area contributed by atoms with E-state index in [0.717, 1.165) is 19.3 Å². The molecule has 0 unspecified atom stereocenters. The number of rotatable bonds is 11. The molecule has 0 saturated carbocycles. The Hall–Kier alpha value is -3.50. The van der Waals surface area contributed by atoms with E-state index in [4.69, 9.17) is 14.2 Å². The molecule has 38 heavy (non-hydrogen) atoms. The van der Waals surface area contributed by atoms with Gasteiger partial charge in [-0.2, -0.15) is 0 Å². The predicted octanol–water partition coefficient (Wildman–Crippen LogP) is 2.03. The van der Waals surface area contributed by atoms with Gasteiger partial charge in [0.1, 0.15) is 12.2 Å². The van der Waals surface area contributed by atoms with Gasteiger partial charge in [-0.3, -0.25) is 24.0 Å². The first-order chi connectivity index (χ1) is 18.0. The molecule has 2 N–H and O–H groups in total. The fourth-order valence-corrected chi connectivity index (χ4v) is 4.24. The molecular formula is C27H38N2O9. The van der Waals surface area contributed by atoms with Gasteiger partial charge in [-0.15, -0.1) is 0 Å². The molecule has 1 fully saturated rings. The highest BCUT2D eigenvalue weighted by Gasteiger charge is 2.44. The number of hydrogen-bond acceptors (Lipinski definition) is 9. The maximum atomic E-state index is 13.3. The minimum Gasteiger partial charge on any atom is -0.460 e. The highest BCUT2D eigenvalue weighted by molar-refractivity contribution is 6.26. The molecule has 0 bridgehead atoms. The molecule has 210 valence electrons. The van der Waals surface area contributed by atoms with Crippen molar-refractivity contribution >= 4 is 36.0 Å². The lowest BCUT2D eigenvalue weighted by atomic mass is 9.92. The minimum atomic E-state index is -1.43. The van der Waals surface area contributed by atoms with Crippen molar-refractivity contribution in [1.82, 2.24) is 10.6 Å². The molecular weight excluding hydrogens is 496 g/mol. The summed E-state index contributed by atoms with van der Waals surface area (Å²) in [7, 11) is 0. The van der Waals surface area contributed by atoms with Gasteiger partial charge < -0.3 is 24.8 Å². The van der Waals surface area contributed by atoms with Crippen LogP contribution in [0.5, 0.6) is 0 Å². The standard InChI is InChI=1S/C27H38N2O9/c1-6-7-8-9-11-19-23(38-25(33)15(2)3)17(5)37-27(35)21(16(4)36-26(19)34)29-24(32)18-12-10-13-20(22(18)31)28-14-30/h12-17,19,21,23H,6-11H2,1-5H3,(H,28,30)(H,29,32)/t16-,17+,19-,21+,23+/m1/s1. The number of allylic oxidation sites excluding steroid dienone is 3. The molecule has 1 aliphatic carbocycles. The molecule has 2 aliphatic rings. The van der Waals surface area contributed by atoms with Crippen molar-refractivity contribution in [3.63, 3.8) is 0 Å². The van der Waals surface area contributed by atoms with Gasteiger partial charge in [-0.05, 0) is 26.7 Å². The molecule has 2 amide bonds. The Kier molecular flexibility index (Phi) is 11.7. The Morgan fingerprint density at radius 1 is 1.05 bits per heavy atom. The Morgan fingerprint density at radius 3 is 2.37 bits per heavy atom. The summed E-state index contributed by atoms with van der Waals surface area (Å²) < 4.78 is 16.8. The first-order valence-corrected chi connectivity index (χ1v) is 13.1. The van der Waals surface area contributed by atoms with Gasteiger partial charge in [-0.1, -0.05) is 58.6 Å². The Bertz CT molecular complexity index is 985. The first-order valence-electron chi connectivity index (χ1n) is 13.1. The second-order valence-corrected chi connectivity index (χ2v) is 9.81. The van der Waals surface area contributed by atoms with Gasteiger partial charge in [-0.25, -0.2) is 4.79 Å². The Morgan fingerprint density at radius 2 is 1.74 bits per heavy atom. The molecule has 0 aromatic heterocycles. The second-order valence-electron chi connectivity index (χ2n) is 9.81. The number of hydrogen-bond donors (Lipinski definition) is 2. The molecule has 1 saturated heterocycles. The van der Waals surface area contributed by atoms with Crippen LogP contribution >= 0.6 is 0 Å². The fourth-order valence-electron chi connectivity index (χ4n) is 4.24. The molecule has 2 rings (SSSR count). The monoisotopic (exact) mass is 534 g/mol. The van der Waals surface area contributed by atoms with Crippen LogP contribution in [0.1, 0.15) is 73.1 Å². The van der Waals surface area contributed by atoms with Crippen LogP contribution in [0.25, 0.3) is 0 Å². The van der Waals surface area contributed by atoms with Gasteiger partial charge >= 0.3 is 17.9 Å². The van der Waals surface area contributed by atoms with Gasteiger partial charge in [0, 0.05) is 0 Å². The molecule has 0 spiro atoms. The van der Waals surface area contributed by atoms with Crippen molar-refractivity contribution in [2.45, 2.75) is 97.5 Å². The third-order valence-corrected chi connectivity index (χ3v) is 6.46. The summed E-state index contributed by atoms with van der Waals surface area (Å²) in [6.07, 6.45) is 3.99. The summed E-state index contributed by atoms with van der Waals surface area (Å²) in [6, 6.07) is -1.43. The number of carbonyl (C=O) groups excluding carboxylic acids is 6. The van der Waals surface area contributed by atoms with Crippen LogP contribution in [0.15, 0.2) is 23.4 Å². The number of unbranched alkanes of at least 4 members (excludes halogenated alkanes) is 3. The maximum Gasteiger partial charge on any atom is 0.332 e. The van der Waals surface area contributed by atoms with E-state index in [9.17, 15) is 28.8 Å². The summed E-state index contributed by atoms with van der Waals surface area (Å²) in [4.78, 5) is 75.2. The number of Topliss-reactive ketones (excluding diaryl/α,β-unsaturated/α-hetero) is 1. The zero-order valence-electron chi connectivity index (χ0n) is 22.6. The third kappa shape index (κ3) is 8.00. The van der Waals surface area contributed by atoms with Gasteiger partial charge in [0.2, 0.25) is 12.2 Å². The summed E-state index contributed by atoms with van der Waals surface area (Å²) >= 11 is 0. The lowest BCUT2D eigenvalue weighted by molar-refractivity contribution is -0.177. The lowest BCUT2D eigenvalue weighted by Gasteiger charge is -2.29. The minimum absolute atomic E-state index is 0.0569. The molecule has 1 aliphatic heterocycles. The Balaban J connectivity index is 2.29. The lowest BCUT2D eigenvalue weighted by Crippen LogP contribution is -2.51. The third-order valence-electron chi connectivity index (χ3n) is 6.46. The van der Waals surface area contributed by atoms with Gasteiger partial charge in [0.05, 0.1) is 23.1 Å². The van der Waals surface area contributed by atoms with Crippen molar-refractivity contribution in [2.24, 2.45) is 11.8 Å². The van der Waals surface area contributed by atoms with E-state index in [1.807, 2.05) is 0 Å². The maximum absolute atomic E-state index is 13.3. The zero-order valence-corrected chi connectivity index (χ0v) is 22.6. The van der Waals surface area contributed by atoms with Crippen LogP contribution in [0, 0.1) is 11.8 Å². The molecule has 5 atom stereocenters. The number of cyclic esters (lactones) is 2. The van der Waals surface area contributed by atoms with Crippen LogP contribution in [0.4, 0.5) is 0 Å². The van der Waals surface area contributed by atoms with E-state index in [1.165, 1.54) is 26.0 Å². The average molecular weight is 535 g/mol. The molecule has 0 radical (unpaired) electrons.